The van der Waals surface area contributed by atoms with Crippen LogP contribution in [0.4, 0.5) is 0 Å². The summed E-state index contributed by atoms with van der Waals surface area (Å²) >= 11 is 0. The molecule has 0 saturated carbocycles. The summed E-state index contributed by atoms with van der Waals surface area (Å²) in [6.07, 6.45) is 3.41. The van der Waals surface area contributed by atoms with Gasteiger partial charge in [0.2, 0.25) is 0 Å². The van der Waals surface area contributed by atoms with Gasteiger partial charge in [-0.2, -0.15) is 0 Å². The monoisotopic (exact) mass is 111 g/mol. The Morgan fingerprint density at radius 3 is 2.75 bits per heavy atom. The molecule has 4 nitrogen and oxygen atoms in total. The maximum Gasteiger partial charge on any atom is 0.264 e. The Hall–Kier alpha value is -1.03. The molecular formula is C4H3N2O2. The summed E-state index contributed by atoms with van der Waals surface area (Å²) in [5.74, 6) is 0. The van der Waals surface area contributed by atoms with Crippen LogP contribution in [0, 0.1) is 0 Å². The summed E-state index contributed by atoms with van der Waals surface area (Å²) in [4.78, 5) is 16.4. The first kappa shape index (κ1) is 5.11. The average Bonchev–Trinajstić information content (AvgIpc) is 2.17. The molecule has 0 bridgehead atoms. The lowest BCUT2D eigenvalue weighted by Gasteiger charge is -2.00. The van der Waals surface area contributed by atoms with Crippen molar-refractivity contribution < 1.29 is 9.90 Å². The molecule has 0 spiro atoms. The highest BCUT2D eigenvalue weighted by Gasteiger charge is 2.25. The summed E-state index contributed by atoms with van der Waals surface area (Å²) in [6.45, 7) is 0. The van der Waals surface area contributed by atoms with E-state index < -0.39 is 5.72 Å². The van der Waals surface area contributed by atoms with Crippen molar-refractivity contribution in [2.24, 2.45) is 9.98 Å². The molecule has 1 aliphatic rings. The fourth-order valence-corrected chi connectivity index (χ4v) is 0.345. The maximum atomic E-state index is 9.75. The SMILES string of the molecule is O=[C]C1(O)C=NC=N1. The highest BCUT2D eigenvalue weighted by molar-refractivity contribution is 5.97. The van der Waals surface area contributed by atoms with Crippen LogP contribution in [0.5, 0.6) is 0 Å². The molecule has 1 aliphatic heterocycles. The van der Waals surface area contributed by atoms with E-state index >= 15 is 0 Å². The van der Waals surface area contributed by atoms with Crippen LogP contribution < -0.4 is 0 Å². The lowest BCUT2D eigenvalue weighted by Crippen LogP contribution is -2.26. The molecule has 0 aromatic carbocycles. The zero-order valence-corrected chi connectivity index (χ0v) is 3.90. The van der Waals surface area contributed by atoms with Crippen molar-refractivity contribution in [2.45, 2.75) is 5.72 Å². The minimum atomic E-state index is -1.79. The molecule has 0 fully saturated rings. The van der Waals surface area contributed by atoms with Gasteiger partial charge in [-0.15, -0.1) is 0 Å². The second-order valence-electron chi connectivity index (χ2n) is 1.35. The van der Waals surface area contributed by atoms with Gasteiger partial charge < -0.3 is 5.11 Å². The zero-order valence-electron chi connectivity index (χ0n) is 3.90. The van der Waals surface area contributed by atoms with Gasteiger partial charge >= 0.3 is 0 Å². The number of carbonyl (C=O) groups excluding carboxylic acids is 1. The first-order valence-corrected chi connectivity index (χ1v) is 1.96. The molecule has 1 unspecified atom stereocenters. The van der Waals surface area contributed by atoms with Crippen molar-refractivity contribution in [1.29, 1.82) is 0 Å². The smallest absolute Gasteiger partial charge is 0.264 e. The Kier molecular flexibility index (Phi) is 0.948. The van der Waals surface area contributed by atoms with E-state index in [9.17, 15) is 4.79 Å². The highest BCUT2D eigenvalue weighted by Crippen LogP contribution is 2.01. The van der Waals surface area contributed by atoms with Gasteiger partial charge in [-0.25, -0.2) is 9.98 Å². The quantitative estimate of drug-likeness (QED) is 0.466. The lowest BCUT2D eigenvalue weighted by molar-refractivity contribution is 0.196. The van der Waals surface area contributed by atoms with Gasteiger partial charge in [-0.05, 0) is 0 Å². The molecule has 4 heteroatoms. The molecule has 1 atom stereocenters. The Balaban J connectivity index is 2.83. The van der Waals surface area contributed by atoms with Crippen molar-refractivity contribution in [2.75, 3.05) is 0 Å². The fourth-order valence-electron chi connectivity index (χ4n) is 0.345. The zero-order chi connectivity index (χ0) is 6.04. The van der Waals surface area contributed by atoms with E-state index in [0.29, 0.717) is 0 Å². The molecule has 41 valence electrons. The molecule has 1 rings (SSSR count). The molecule has 0 amide bonds. The third-order valence-electron chi connectivity index (χ3n) is 0.726. The van der Waals surface area contributed by atoms with Crippen molar-refractivity contribution in [1.82, 2.24) is 0 Å². The van der Waals surface area contributed by atoms with Crippen molar-refractivity contribution >= 4 is 18.8 Å². The predicted molar refractivity (Wildman–Crippen MR) is 27.6 cm³/mol. The minimum absolute atomic E-state index is 1.01. The Morgan fingerprint density at radius 2 is 2.50 bits per heavy atom. The van der Waals surface area contributed by atoms with E-state index in [1.54, 1.807) is 0 Å². The number of rotatable bonds is 1. The molecule has 1 radical (unpaired) electrons. The van der Waals surface area contributed by atoms with Crippen molar-refractivity contribution in [3.8, 4) is 0 Å². The Morgan fingerprint density at radius 1 is 1.75 bits per heavy atom. The summed E-state index contributed by atoms with van der Waals surface area (Å²) in [5, 5.41) is 8.73. The van der Waals surface area contributed by atoms with E-state index in [0.717, 1.165) is 12.6 Å². The third kappa shape index (κ3) is 0.651. The summed E-state index contributed by atoms with van der Waals surface area (Å²) in [7, 11) is 0. The summed E-state index contributed by atoms with van der Waals surface area (Å²) in [5.41, 5.74) is -1.79. The molecule has 1 N–H and O–H groups in total. The first-order valence-electron chi connectivity index (χ1n) is 1.96. The standard InChI is InChI=1S/C4H3N2O2/c7-2-4(8)1-5-3-6-4/h1,3,8H. The molecule has 0 aromatic heterocycles. The Bertz CT molecular complexity index is 149. The van der Waals surface area contributed by atoms with Gasteiger partial charge in [0.1, 0.15) is 6.34 Å². The number of hydrogen-bond acceptors (Lipinski definition) is 4. The van der Waals surface area contributed by atoms with Crippen LogP contribution >= 0.6 is 0 Å². The van der Waals surface area contributed by atoms with Gasteiger partial charge in [-0.1, -0.05) is 0 Å². The summed E-state index contributed by atoms with van der Waals surface area (Å²) in [6, 6.07) is 0. The number of hydrogen-bond donors (Lipinski definition) is 1. The third-order valence-corrected chi connectivity index (χ3v) is 0.726. The topological polar surface area (TPSA) is 62.0 Å². The fraction of sp³-hybridized carbons (Fsp3) is 0.250. The van der Waals surface area contributed by atoms with E-state index in [1.807, 2.05) is 0 Å². The normalized spacial score (nSPS) is 33.6. The van der Waals surface area contributed by atoms with Crippen LogP contribution in [0.2, 0.25) is 0 Å². The number of aliphatic imine (C=N–C) groups is 2. The number of aliphatic hydroxyl groups is 1. The largest absolute Gasteiger partial charge is 0.358 e. The van der Waals surface area contributed by atoms with Crippen LogP contribution in [0.3, 0.4) is 0 Å². The second-order valence-corrected chi connectivity index (χ2v) is 1.35. The van der Waals surface area contributed by atoms with Crippen LogP contribution in [-0.4, -0.2) is 29.7 Å². The number of nitrogens with zero attached hydrogens (tertiary/aromatic N) is 2. The molecule has 0 aliphatic carbocycles. The average molecular weight is 111 g/mol. The van der Waals surface area contributed by atoms with Gasteiger partial charge in [-0.3, -0.25) is 4.79 Å². The van der Waals surface area contributed by atoms with E-state index in [2.05, 4.69) is 9.98 Å². The first-order chi connectivity index (χ1) is 3.77. The van der Waals surface area contributed by atoms with Crippen LogP contribution in [0.25, 0.3) is 0 Å². The summed E-state index contributed by atoms with van der Waals surface area (Å²) < 4.78 is 0. The molecule has 0 saturated heterocycles. The van der Waals surface area contributed by atoms with Crippen LogP contribution in [0.15, 0.2) is 9.98 Å². The van der Waals surface area contributed by atoms with Crippen molar-refractivity contribution in [3.05, 3.63) is 0 Å². The lowest BCUT2D eigenvalue weighted by atomic mass is 10.3. The Labute approximate surface area is 45.6 Å². The van der Waals surface area contributed by atoms with E-state index in [4.69, 9.17) is 5.11 Å². The second kappa shape index (κ2) is 1.48. The highest BCUT2D eigenvalue weighted by atomic mass is 16.3. The van der Waals surface area contributed by atoms with E-state index in [-0.39, 0.29) is 0 Å². The van der Waals surface area contributed by atoms with Gasteiger partial charge in [0, 0.05) is 0 Å². The van der Waals surface area contributed by atoms with Crippen molar-refractivity contribution in [3.63, 3.8) is 0 Å². The van der Waals surface area contributed by atoms with E-state index in [1.165, 1.54) is 6.29 Å². The molecule has 0 aromatic rings. The van der Waals surface area contributed by atoms with Crippen LogP contribution in [-0.2, 0) is 4.79 Å². The van der Waals surface area contributed by atoms with Gasteiger partial charge in [0.05, 0.1) is 6.21 Å². The van der Waals surface area contributed by atoms with Gasteiger partial charge in [0.15, 0.2) is 0 Å². The molecule has 8 heavy (non-hydrogen) atoms. The minimum Gasteiger partial charge on any atom is -0.358 e. The maximum absolute atomic E-state index is 9.75. The van der Waals surface area contributed by atoms with Gasteiger partial charge in [0.25, 0.3) is 12.0 Å². The molecule has 1 heterocycles. The van der Waals surface area contributed by atoms with Crippen LogP contribution in [0.1, 0.15) is 0 Å². The predicted octanol–water partition coefficient (Wildman–Crippen LogP) is -1.10. The molecular weight excluding hydrogens is 108 g/mol.